The van der Waals surface area contributed by atoms with Crippen LogP contribution < -0.4 is 5.32 Å². The second-order valence-corrected chi connectivity index (χ2v) is 7.31. The molecule has 130 valence electrons. The molecule has 1 aliphatic rings. The monoisotopic (exact) mass is 321 g/mol. The lowest BCUT2D eigenvalue weighted by molar-refractivity contribution is -0.124. The predicted octanol–water partition coefficient (Wildman–Crippen LogP) is 0.978. The van der Waals surface area contributed by atoms with Crippen molar-refractivity contribution in [3.63, 3.8) is 0 Å². The van der Waals surface area contributed by atoms with Crippen molar-refractivity contribution in [2.45, 2.75) is 46.2 Å². The summed E-state index contributed by atoms with van der Waals surface area (Å²) in [5.74, 6) is 1.28. The average molecular weight is 321 g/mol. The Morgan fingerprint density at radius 1 is 1.17 bits per heavy atom. The van der Waals surface area contributed by atoms with E-state index in [9.17, 15) is 4.79 Å². The standard InChI is InChI=1S/C17H31N5O/c1-5-15-18-6-7-22(15)13-12-20-8-10-21(11-9-20)14-16(23)19-17(2,3)4/h6-7H,5,8-14H2,1-4H3,(H,19,23). The summed E-state index contributed by atoms with van der Waals surface area (Å²) in [4.78, 5) is 21.1. The van der Waals surface area contributed by atoms with Gasteiger partial charge in [-0.1, -0.05) is 6.92 Å². The third-order valence-corrected chi connectivity index (χ3v) is 4.12. The third kappa shape index (κ3) is 5.95. The topological polar surface area (TPSA) is 53.4 Å². The zero-order chi connectivity index (χ0) is 16.9. The number of hydrogen-bond donors (Lipinski definition) is 1. The summed E-state index contributed by atoms with van der Waals surface area (Å²) in [5.41, 5.74) is -0.152. The first-order valence-electron chi connectivity index (χ1n) is 8.63. The van der Waals surface area contributed by atoms with E-state index in [2.05, 4.69) is 37.8 Å². The van der Waals surface area contributed by atoms with E-state index in [0.29, 0.717) is 6.54 Å². The fourth-order valence-corrected chi connectivity index (χ4v) is 2.94. The number of carbonyl (C=O) groups excluding carboxylic acids is 1. The molecule has 1 amide bonds. The van der Waals surface area contributed by atoms with Gasteiger partial charge in [-0.3, -0.25) is 14.6 Å². The van der Waals surface area contributed by atoms with Gasteiger partial charge in [-0.05, 0) is 20.8 Å². The Kier molecular flexibility index (Phi) is 6.18. The van der Waals surface area contributed by atoms with Crippen molar-refractivity contribution >= 4 is 5.91 Å². The van der Waals surface area contributed by atoms with Crippen molar-refractivity contribution in [2.24, 2.45) is 0 Å². The van der Waals surface area contributed by atoms with Gasteiger partial charge in [-0.25, -0.2) is 4.98 Å². The van der Waals surface area contributed by atoms with Crippen molar-refractivity contribution in [3.8, 4) is 0 Å². The minimum absolute atomic E-state index is 0.122. The van der Waals surface area contributed by atoms with Gasteiger partial charge in [-0.2, -0.15) is 0 Å². The van der Waals surface area contributed by atoms with Crippen LogP contribution in [0.5, 0.6) is 0 Å². The molecule has 6 nitrogen and oxygen atoms in total. The fourth-order valence-electron chi connectivity index (χ4n) is 2.94. The summed E-state index contributed by atoms with van der Waals surface area (Å²) >= 11 is 0. The molecule has 2 rings (SSSR count). The number of nitrogens with zero attached hydrogens (tertiary/aromatic N) is 4. The number of imidazole rings is 1. The van der Waals surface area contributed by atoms with Crippen molar-refractivity contribution in [2.75, 3.05) is 39.3 Å². The van der Waals surface area contributed by atoms with Crippen molar-refractivity contribution in [1.29, 1.82) is 0 Å². The van der Waals surface area contributed by atoms with E-state index >= 15 is 0 Å². The van der Waals surface area contributed by atoms with Crippen LogP contribution in [0.15, 0.2) is 12.4 Å². The molecule has 0 saturated carbocycles. The smallest absolute Gasteiger partial charge is 0.234 e. The molecule has 0 unspecified atom stereocenters. The Labute approximate surface area is 139 Å². The van der Waals surface area contributed by atoms with Crippen molar-refractivity contribution in [3.05, 3.63) is 18.2 Å². The molecule has 1 aromatic heterocycles. The zero-order valence-electron chi connectivity index (χ0n) is 15.0. The Morgan fingerprint density at radius 2 is 1.83 bits per heavy atom. The lowest BCUT2D eigenvalue weighted by Gasteiger charge is -2.35. The molecule has 1 fully saturated rings. The van der Waals surface area contributed by atoms with E-state index in [1.807, 2.05) is 27.0 Å². The average Bonchev–Trinajstić information content (AvgIpc) is 2.92. The predicted molar refractivity (Wildman–Crippen MR) is 92.4 cm³/mol. The summed E-state index contributed by atoms with van der Waals surface area (Å²) in [6.45, 7) is 14.7. The maximum Gasteiger partial charge on any atom is 0.234 e. The van der Waals surface area contributed by atoms with Crippen molar-refractivity contribution < 1.29 is 4.79 Å². The van der Waals surface area contributed by atoms with E-state index in [4.69, 9.17) is 0 Å². The van der Waals surface area contributed by atoms with Crippen LogP contribution in [0.2, 0.25) is 0 Å². The van der Waals surface area contributed by atoms with E-state index < -0.39 is 0 Å². The summed E-state index contributed by atoms with van der Waals surface area (Å²) in [7, 11) is 0. The maximum atomic E-state index is 12.0. The molecule has 0 radical (unpaired) electrons. The molecule has 1 N–H and O–H groups in total. The maximum absolute atomic E-state index is 12.0. The molecule has 0 aliphatic carbocycles. The van der Waals surface area contributed by atoms with Crippen LogP contribution in [0.1, 0.15) is 33.5 Å². The van der Waals surface area contributed by atoms with E-state index in [-0.39, 0.29) is 11.4 Å². The van der Waals surface area contributed by atoms with Crippen LogP contribution in [0.25, 0.3) is 0 Å². The number of carbonyl (C=O) groups is 1. The fraction of sp³-hybridized carbons (Fsp3) is 0.765. The van der Waals surface area contributed by atoms with Gasteiger partial charge in [0.15, 0.2) is 0 Å². The minimum Gasteiger partial charge on any atom is -0.350 e. The quantitative estimate of drug-likeness (QED) is 0.848. The molecule has 0 atom stereocenters. The van der Waals surface area contributed by atoms with E-state index in [1.54, 1.807) is 0 Å². The van der Waals surface area contributed by atoms with Gasteiger partial charge in [0.2, 0.25) is 5.91 Å². The van der Waals surface area contributed by atoms with Crippen LogP contribution in [0.3, 0.4) is 0 Å². The van der Waals surface area contributed by atoms with Crippen molar-refractivity contribution in [1.82, 2.24) is 24.7 Å². The van der Waals surface area contributed by atoms with E-state index in [0.717, 1.165) is 51.5 Å². The second-order valence-electron chi connectivity index (χ2n) is 7.31. The highest BCUT2D eigenvalue weighted by Gasteiger charge is 2.21. The zero-order valence-corrected chi connectivity index (χ0v) is 15.0. The summed E-state index contributed by atoms with van der Waals surface area (Å²) in [5, 5.41) is 3.03. The minimum atomic E-state index is -0.152. The molecule has 2 heterocycles. The number of rotatable bonds is 6. The molecular weight excluding hydrogens is 290 g/mol. The highest BCUT2D eigenvalue weighted by molar-refractivity contribution is 5.78. The highest BCUT2D eigenvalue weighted by atomic mass is 16.2. The SMILES string of the molecule is CCc1nccn1CCN1CCN(CC(=O)NC(C)(C)C)CC1. The third-order valence-electron chi connectivity index (χ3n) is 4.12. The van der Waals surface area contributed by atoms with Gasteiger partial charge in [0.1, 0.15) is 5.82 Å². The normalized spacial score (nSPS) is 17.4. The number of nitrogens with one attached hydrogen (secondary N) is 1. The number of amides is 1. The molecule has 1 aromatic rings. The Bertz CT molecular complexity index is 497. The van der Waals surface area contributed by atoms with E-state index in [1.165, 1.54) is 0 Å². The van der Waals surface area contributed by atoms with Gasteiger partial charge >= 0.3 is 0 Å². The first-order chi connectivity index (χ1) is 10.9. The van der Waals surface area contributed by atoms with Crippen LogP contribution in [0, 0.1) is 0 Å². The molecule has 0 aromatic carbocycles. The molecule has 1 saturated heterocycles. The van der Waals surface area contributed by atoms with Gasteiger partial charge in [0.25, 0.3) is 0 Å². The molecule has 6 heteroatoms. The number of aromatic nitrogens is 2. The molecule has 23 heavy (non-hydrogen) atoms. The summed E-state index contributed by atoms with van der Waals surface area (Å²) in [6, 6.07) is 0. The number of piperazine rings is 1. The number of hydrogen-bond acceptors (Lipinski definition) is 4. The Hall–Kier alpha value is -1.40. The summed E-state index contributed by atoms with van der Waals surface area (Å²) < 4.78 is 2.24. The van der Waals surface area contributed by atoms with Gasteiger partial charge in [0.05, 0.1) is 6.54 Å². The van der Waals surface area contributed by atoms with Crippen LogP contribution in [-0.2, 0) is 17.8 Å². The highest BCUT2D eigenvalue weighted by Crippen LogP contribution is 2.05. The molecule has 1 aliphatic heterocycles. The molecule has 0 spiro atoms. The Morgan fingerprint density at radius 3 is 2.43 bits per heavy atom. The Balaban J connectivity index is 1.69. The first kappa shape index (κ1) is 17.9. The van der Waals surface area contributed by atoms with Gasteiger partial charge in [-0.15, -0.1) is 0 Å². The first-order valence-corrected chi connectivity index (χ1v) is 8.63. The van der Waals surface area contributed by atoms with Crippen LogP contribution in [0.4, 0.5) is 0 Å². The largest absolute Gasteiger partial charge is 0.350 e. The number of aryl methyl sites for hydroxylation is 1. The van der Waals surface area contributed by atoms with Gasteiger partial charge < -0.3 is 9.88 Å². The second kappa shape index (κ2) is 7.93. The lowest BCUT2D eigenvalue weighted by Crippen LogP contribution is -2.52. The molecular formula is C17H31N5O. The summed E-state index contributed by atoms with van der Waals surface area (Å²) in [6.07, 6.45) is 4.92. The van der Waals surface area contributed by atoms with Gasteiger partial charge in [0, 0.05) is 63.6 Å². The lowest BCUT2D eigenvalue weighted by atomic mass is 10.1. The van der Waals surface area contributed by atoms with Crippen LogP contribution >= 0.6 is 0 Å². The van der Waals surface area contributed by atoms with Crippen LogP contribution in [-0.4, -0.2) is 70.1 Å². The molecule has 0 bridgehead atoms.